The van der Waals surface area contributed by atoms with Crippen molar-refractivity contribution in [1.82, 2.24) is 0 Å². The summed E-state index contributed by atoms with van der Waals surface area (Å²) in [4.78, 5) is 4.93. The van der Waals surface area contributed by atoms with Crippen LogP contribution in [0.25, 0.3) is 11.1 Å². The zero-order valence-electron chi connectivity index (χ0n) is 20.4. The van der Waals surface area contributed by atoms with Crippen LogP contribution in [0.5, 0.6) is 0 Å². The number of allylic oxidation sites excluding steroid dienone is 3. The minimum absolute atomic E-state index is 0.720. The molecule has 0 aliphatic carbocycles. The maximum Gasteiger partial charge on any atom is 0.0645 e. The summed E-state index contributed by atoms with van der Waals surface area (Å²) in [6, 6.07) is 23.8. The molecule has 3 aromatic rings. The molecule has 166 valence electrons. The monoisotopic (exact) mass is 423 g/mol. The van der Waals surface area contributed by atoms with E-state index in [1.165, 1.54) is 38.9 Å². The highest BCUT2D eigenvalue weighted by atomic mass is 14.7. The highest BCUT2D eigenvalue weighted by molar-refractivity contribution is 6.00. The lowest BCUT2D eigenvalue weighted by molar-refractivity contribution is 1.01. The van der Waals surface area contributed by atoms with Crippen LogP contribution in [0, 0.1) is 6.92 Å². The van der Waals surface area contributed by atoms with Gasteiger partial charge in [-0.2, -0.15) is 0 Å². The predicted molar refractivity (Wildman–Crippen MR) is 143 cm³/mol. The SMILES string of the molecule is C/C=C\C.C=CCc1cc(C(C)=NCc2cccc(CC)c2C)cc(-c2ccccc2)c1. The van der Waals surface area contributed by atoms with Crippen molar-refractivity contribution < 1.29 is 0 Å². The van der Waals surface area contributed by atoms with Crippen molar-refractivity contribution in [1.29, 1.82) is 0 Å². The molecule has 0 aliphatic rings. The lowest BCUT2D eigenvalue weighted by Gasteiger charge is -2.11. The molecule has 0 N–H and O–H groups in total. The van der Waals surface area contributed by atoms with Crippen molar-refractivity contribution in [3.05, 3.63) is 119 Å². The predicted octanol–water partition coefficient (Wildman–Crippen LogP) is 8.54. The van der Waals surface area contributed by atoms with Crippen LogP contribution in [0.15, 0.2) is 96.5 Å². The van der Waals surface area contributed by atoms with E-state index in [2.05, 4.69) is 94.1 Å². The molecule has 0 spiro atoms. The third kappa shape index (κ3) is 7.20. The van der Waals surface area contributed by atoms with E-state index in [4.69, 9.17) is 4.99 Å². The Labute approximate surface area is 195 Å². The molecule has 0 unspecified atom stereocenters. The zero-order chi connectivity index (χ0) is 23.3. The molecule has 3 aromatic carbocycles. The van der Waals surface area contributed by atoms with Crippen molar-refractivity contribution in [3.63, 3.8) is 0 Å². The molecule has 0 atom stereocenters. The molecule has 0 radical (unpaired) electrons. The van der Waals surface area contributed by atoms with Crippen LogP contribution in [0.4, 0.5) is 0 Å². The smallest absolute Gasteiger partial charge is 0.0645 e. The number of aryl methyl sites for hydroxylation is 1. The molecular formula is C31H37N. The molecule has 0 fully saturated rings. The molecule has 0 bridgehead atoms. The molecule has 0 amide bonds. The molecule has 0 aliphatic heterocycles. The van der Waals surface area contributed by atoms with Crippen LogP contribution < -0.4 is 0 Å². The number of nitrogens with zero attached hydrogens (tertiary/aromatic N) is 1. The van der Waals surface area contributed by atoms with Gasteiger partial charge < -0.3 is 0 Å². The lowest BCUT2D eigenvalue weighted by atomic mass is 9.96. The van der Waals surface area contributed by atoms with Crippen LogP contribution in [0.1, 0.15) is 55.5 Å². The minimum Gasteiger partial charge on any atom is -0.285 e. The van der Waals surface area contributed by atoms with Crippen molar-refractivity contribution in [2.75, 3.05) is 0 Å². The van der Waals surface area contributed by atoms with E-state index in [9.17, 15) is 0 Å². The first-order valence-corrected chi connectivity index (χ1v) is 11.5. The second-order valence-electron chi connectivity index (χ2n) is 7.90. The van der Waals surface area contributed by atoms with Crippen LogP contribution in [0.2, 0.25) is 0 Å². The number of hydrogen-bond acceptors (Lipinski definition) is 1. The lowest BCUT2D eigenvalue weighted by Crippen LogP contribution is -2.00. The average molecular weight is 424 g/mol. The maximum absolute atomic E-state index is 4.93. The van der Waals surface area contributed by atoms with Crippen LogP contribution in [0.3, 0.4) is 0 Å². The largest absolute Gasteiger partial charge is 0.285 e. The van der Waals surface area contributed by atoms with E-state index in [-0.39, 0.29) is 0 Å². The molecule has 0 saturated carbocycles. The first kappa shape index (κ1) is 25.1. The van der Waals surface area contributed by atoms with Gasteiger partial charge in [-0.05, 0) is 91.6 Å². The Morgan fingerprint density at radius 2 is 1.56 bits per heavy atom. The molecule has 3 rings (SSSR count). The first-order chi connectivity index (χ1) is 15.5. The topological polar surface area (TPSA) is 12.4 Å². The van der Waals surface area contributed by atoms with Gasteiger partial charge in [-0.3, -0.25) is 4.99 Å². The van der Waals surface area contributed by atoms with Gasteiger partial charge in [0.2, 0.25) is 0 Å². The molecule has 0 heterocycles. The van der Waals surface area contributed by atoms with E-state index < -0.39 is 0 Å². The molecule has 0 saturated heterocycles. The Morgan fingerprint density at radius 1 is 0.875 bits per heavy atom. The maximum atomic E-state index is 4.93. The van der Waals surface area contributed by atoms with E-state index in [0.717, 1.165) is 25.1 Å². The zero-order valence-corrected chi connectivity index (χ0v) is 20.4. The van der Waals surface area contributed by atoms with Gasteiger partial charge in [0.25, 0.3) is 0 Å². The minimum atomic E-state index is 0.720. The van der Waals surface area contributed by atoms with Gasteiger partial charge in [0.1, 0.15) is 0 Å². The van der Waals surface area contributed by atoms with Crippen LogP contribution in [-0.2, 0) is 19.4 Å². The fourth-order valence-corrected chi connectivity index (χ4v) is 3.57. The van der Waals surface area contributed by atoms with Crippen molar-refractivity contribution in [3.8, 4) is 11.1 Å². The summed E-state index contributed by atoms with van der Waals surface area (Å²) in [6.45, 7) is 15.1. The molecule has 32 heavy (non-hydrogen) atoms. The summed E-state index contributed by atoms with van der Waals surface area (Å²) in [5, 5.41) is 0. The quantitative estimate of drug-likeness (QED) is 0.267. The van der Waals surface area contributed by atoms with Crippen LogP contribution in [-0.4, -0.2) is 5.71 Å². The summed E-state index contributed by atoms with van der Waals surface area (Å²) >= 11 is 0. The second kappa shape index (κ2) is 13.3. The van der Waals surface area contributed by atoms with Gasteiger partial charge in [-0.25, -0.2) is 0 Å². The van der Waals surface area contributed by atoms with E-state index >= 15 is 0 Å². The highest BCUT2D eigenvalue weighted by Gasteiger charge is 2.07. The van der Waals surface area contributed by atoms with Gasteiger partial charge in [0, 0.05) is 5.71 Å². The Morgan fingerprint density at radius 3 is 2.19 bits per heavy atom. The summed E-state index contributed by atoms with van der Waals surface area (Å²) in [7, 11) is 0. The molecule has 1 heteroatoms. The fourth-order valence-electron chi connectivity index (χ4n) is 3.57. The standard InChI is InChI=1S/C27H29N.C4H8/c1-5-11-22-16-26(18-27(17-22)24-12-8-7-9-13-24)21(4)28-19-25-15-10-14-23(6-2)20(25)3;1-3-4-2/h5,7-10,12-18H,1,6,11,19H2,2-4H3;3-4H,1-2H3/b;4-3-. The third-order valence-electron chi connectivity index (χ3n) is 5.66. The van der Waals surface area contributed by atoms with Gasteiger partial charge in [0.15, 0.2) is 0 Å². The summed E-state index contributed by atoms with van der Waals surface area (Å²) in [6.07, 6.45) is 7.88. The Bertz CT molecular complexity index is 1050. The second-order valence-corrected chi connectivity index (χ2v) is 7.90. The van der Waals surface area contributed by atoms with Crippen molar-refractivity contribution >= 4 is 5.71 Å². The summed E-state index contributed by atoms with van der Waals surface area (Å²) < 4.78 is 0. The molecule has 1 nitrogen and oxygen atoms in total. The average Bonchev–Trinajstić information content (AvgIpc) is 2.84. The molecule has 0 aromatic heterocycles. The fraction of sp³-hybridized carbons (Fsp3) is 0.258. The third-order valence-corrected chi connectivity index (χ3v) is 5.66. The van der Waals surface area contributed by atoms with Gasteiger partial charge in [-0.1, -0.05) is 79.7 Å². The Kier molecular flexibility index (Phi) is 10.4. The normalized spacial score (nSPS) is 11.2. The first-order valence-electron chi connectivity index (χ1n) is 11.5. The number of aliphatic imine (C=N–C) groups is 1. The van der Waals surface area contributed by atoms with E-state index in [1.807, 2.05) is 32.1 Å². The highest BCUT2D eigenvalue weighted by Crippen LogP contribution is 2.24. The van der Waals surface area contributed by atoms with E-state index in [0.29, 0.717) is 0 Å². The molecular weight excluding hydrogens is 386 g/mol. The number of benzene rings is 3. The number of rotatable bonds is 7. The van der Waals surface area contributed by atoms with Gasteiger partial charge in [-0.15, -0.1) is 6.58 Å². The van der Waals surface area contributed by atoms with Crippen molar-refractivity contribution in [2.24, 2.45) is 4.99 Å². The Balaban J connectivity index is 0.000000837. The van der Waals surface area contributed by atoms with Gasteiger partial charge in [0.05, 0.1) is 6.54 Å². The van der Waals surface area contributed by atoms with Gasteiger partial charge >= 0.3 is 0 Å². The number of hydrogen-bond donors (Lipinski definition) is 0. The Hall–Kier alpha value is -3.19. The van der Waals surface area contributed by atoms with Crippen LogP contribution >= 0.6 is 0 Å². The summed E-state index contributed by atoms with van der Waals surface area (Å²) in [5.74, 6) is 0. The van der Waals surface area contributed by atoms with E-state index in [1.54, 1.807) is 0 Å². The van der Waals surface area contributed by atoms with Crippen molar-refractivity contribution in [2.45, 2.75) is 54.0 Å². The summed E-state index contributed by atoms with van der Waals surface area (Å²) in [5.41, 5.74) is 10.1.